The summed E-state index contributed by atoms with van der Waals surface area (Å²) in [5.41, 5.74) is 1.67. The molecule has 1 aliphatic rings. The van der Waals surface area contributed by atoms with Gasteiger partial charge in [-0.2, -0.15) is 4.31 Å². The van der Waals surface area contributed by atoms with Crippen molar-refractivity contribution in [2.24, 2.45) is 0 Å². The van der Waals surface area contributed by atoms with Crippen LogP contribution in [0.5, 0.6) is 5.75 Å². The lowest BCUT2D eigenvalue weighted by atomic mass is 10.0. The van der Waals surface area contributed by atoms with E-state index in [1.165, 1.54) is 17.5 Å². The van der Waals surface area contributed by atoms with Gasteiger partial charge in [-0.1, -0.05) is 28.9 Å². The zero-order chi connectivity index (χ0) is 21.3. The number of methoxy groups -OCH3 is 1. The number of hydrogen-bond donors (Lipinski definition) is 0. The second kappa shape index (κ2) is 8.55. The van der Waals surface area contributed by atoms with Gasteiger partial charge in [-0.05, 0) is 50.2 Å². The molecule has 2 heterocycles. The van der Waals surface area contributed by atoms with E-state index in [1.807, 2.05) is 31.3 Å². The number of hydrogen-bond acceptors (Lipinski definition) is 6. The average molecular weight is 450 g/mol. The Kier molecular flexibility index (Phi) is 6.02. The van der Waals surface area contributed by atoms with E-state index in [0.29, 0.717) is 30.4 Å². The molecule has 0 radical (unpaired) electrons. The van der Waals surface area contributed by atoms with Crippen LogP contribution in [0.15, 0.2) is 51.9 Å². The molecule has 0 saturated carbocycles. The fraction of sp³-hybridized carbons (Fsp3) is 0.381. The smallest absolute Gasteiger partial charge is 0.246 e. The maximum absolute atomic E-state index is 13.1. The van der Waals surface area contributed by atoms with Crippen molar-refractivity contribution in [3.63, 3.8) is 0 Å². The summed E-state index contributed by atoms with van der Waals surface area (Å²) in [7, 11) is -0.182. The Bertz CT molecular complexity index is 1140. The molecule has 0 N–H and O–H groups in total. The topological polar surface area (TPSA) is 75.9 Å². The molecule has 1 aromatic heterocycles. The molecule has 0 amide bonds. The third kappa shape index (κ3) is 4.05. The summed E-state index contributed by atoms with van der Waals surface area (Å²) in [5.74, 6) is 0.302. The largest absolute Gasteiger partial charge is 0.495 e. The van der Waals surface area contributed by atoms with Gasteiger partial charge in [0.05, 0.1) is 7.11 Å². The van der Waals surface area contributed by atoms with Crippen LogP contribution in [0, 0.1) is 0 Å². The lowest BCUT2D eigenvalue weighted by molar-refractivity contribution is 0.159. The highest BCUT2D eigenvalue weighted by Crippen LogP contribution is 2.31. The second-order valence-electron chi connectivity index (χ2n) is 7.47. The van der Waals surface area contributed by atoms with Crippen LogP contribution in [0.3, 0.4) is 0 Å². The fourth-order valence-electron chi connectivity index (χ4n) is 3.93. The van der Waals surface area contributed by atoms with E-state index in [-0.39, 0.29) is 10.9 Å². The molecule has 4 rings (SSSR count). The zero-order valence-corrected chi connectivity index (χ0v) is 18.5. The first kappa shape index (κ1) is 21.1. The Labute approximate surface area is 181 Å². The van der Waals surface area contributed by atoms with Gasteiger partial charge in [0.1, 0.15) is 16.3 Å². The van der Waals surface area contributed by atoms with Crippen LogP contribution in [0.25, 0.3) is 11.0 Å². The minimum absolute atomic E-state index is 0.110. The molecule has 0 unspecified atom stereocenters. The maximum atomic E-state index is 13.1. The van der Waals surface area contributed by atoms with Crippen molar-refractivity contribution >= 4 is 32.6 Å². The van der Waals surface area contributed by atoms with Gasteiger partial charge >= 0.3 is 0 Å². The number of fused-ring (bicyclic) bond motifs is 1. The molecule has 0 atom stereocenters. The Balaban J connectivity index is 1.44. The maximum Gasteiger partial charge on any atom is 0.246 e. The highest BCUT2D eigenvalue weighted by atomic mass is 35.5. The molecule has 0 aliphatic carbocycles. The number of sulfonamides is 1. The summed E-state index contributed by atoms with van der Waals surface area (Å²) >= 11 is 6.03. The number of rotatable bonds is 6. The van der Waals surface area contributed by atoms with Gasteiger partial charge in [-0.25, -0.2) is 8.42 Å². The lowest BCUT2D eigenvalue weighted by Gasteiger charge is -2.36. The highest BCUT2D eigenvalue weighted by Gasteiger charge is 2.33. The number of nitrogens with zero attached hydrogens (tertiary/aromatic N) is 3. The molecular formula is C21H24ClN3O4S. The van der Waals surface area contributed by atoms with Gasteiger partial charge in [0.2, 0.25) is 10.0 Å². The molecule has 7 nitrogen and oxygen atoms in total. The van der Waals surface area contributed by atoms with Crippen LogP contribution in [-0.4, -0.2) is 56.1 Å². The normalized spacial score (nSPS) is 16.4. The number of piperidine rings is 1. The van der Waals surface area contributed by atoms with Crippen LogP contribution < -0.4 is 4.74 Å². The molecule has 1 saturated heterocycles. The Hall–Kier alpha value is -2.13. The van der Waals surface area contributed by atoms with E-state index in [0.717, 1.165) is 29.5 Å². The number of aromatic nitrogens is 1. The standard InChI is InChI=1S/C21H24ClN3O4S/c1-24(14-18-17-5-3-4-6-19(17)29-23-18)16-9-11-25(12-10-16)30(26,27)21-13-15(22)7-8-20(21)28-2/h3-8,13,16H,9-12,14H2,1-2H3. The van der Waals surface area contributed by atoms with Crippen molar-refractivity contribution in [2.45, 2.75) is 30.3 Å². The summed E-state index contributed by atoms with van der Waals surface area (Å²) in [6.07, 6.45) is 1.46. The first-order valence-corrected chi connectivity index (χ1v) is 11.6. The van der Waals surface area contributed by atoms with Gasteiger partial charge in [-0.15, -0.1) is 0 Å². The van der Waals surface area contributed by atoms with Gasteiger partial charge < -0.3 is 9.26 Å². The van der Waals surface area contributed by atoms with Gasteiger partial charge in [-0.3, -0.25) is 4.90 Å². The molecule has 1 aliphatic heterocycles. The highest BCUT2D eigenvalue weighted by molar-refractivity contribution is 7.89. The molecule has 3 aromatic rings. The SMILES string of the molecule is COc1ccc(Cl)cc1S(=O)(=O)N1CCC(N(C)Cc2noc3ccccc23)CC1. The minimum atomic E-state index is -3.68. The summed E-state index contributed by atoms with van der Waals surface area (Å²) in [6, 6.07) is 12.7. The van der Waals surface area contributed by atoms with Crippen molar-refractivity contribution in [3.05, 3.63) is 53.2 Å². The number of ether oxygens (including phenoxy) is 1. The molecule has 1 fully saturated rings. The second-order valence-corrected chi connectivity index (χ2v) is 9.81. The Morgan fingerprint density at radius 2 is 1.97 bits per heavy atom. The number of para-hydroxylation sites is 1. The van der Waals surface area contributed by atoms with Gasteiger partial charge in [0.15, 0.2) is 5.58 Å². The zero-order valence-electron chi connectivity index (χ0n) is 16.9. The Morgan fingerprint density at radius 3 is 2.70 bits per heavy atom. The molecule has 160 valence electrons. The lowest BCUT2D eigenvalue weighted by Crippen LogP contribution is -2.45. The van der Waals surface area contributed by atoms with E-state index in [9.17, 15) is 8.42 Å². The van der Waals surface area contributed by atoms with Crippen molar-refractivity contribution < 1.29 is 17.7 Å². The van der Waals surface area contributed by atoms with Crippen LogP contribution in [0.4, 0.5) is 0 Å². The van der Waals surface area contributed by atoms with E-state index in [1.54, 1.807) is 12.1 Å². The van der Waals surface area contributed by atoms with Gasteiger partial charge in [0, 0.05) is 36.1 Å². The predicted molar refractivity (Wildman–Crippen MR) is 115 cm³/mol. The number of benzene rings is 2. The summed E-state index contributed by atoms with van der Waals surface area (Å²) < 4.78 is 38.4. The van der Waals surface area contributed by atoms with E-state index >= 15 is 0 Å². The monoisotopic (exact) mass is 449 g/mol. The van der Waals surface area contributed by atoms with Crippen molar-refractivity contribution in [2.75, 3.05) is 27.2 Å². The first-order valence-electron chi connectivity index (χ1n) is 9.77. The molecule has 30 heavy (non-hydrogen) atoms. The molecule has 9 heteroatoms. The third-order valence-electron chi connectivity index (χ3n) is 5.64. The first-order chi connectivity index (χ1) is 14.4. The third-order valence-corrected chi connectivity index (χ3v) is 7.80. The van der Waals surface area contributed by atoms with Crippen molar-refractivity contribution in [1.29, 1.82) is 0 Å². The van der Waals surface area contributed by atoms with E-state index < -0.39 is 10.0 Å². The van der Waals surface area contributed by atoms with Gasteiger partial charge in [0.25, 0.3) is 0 Å². The van der Waals surface area contributed by atoms with Crippen LogP contribution in [0.2, 0.25) is 5.02 Å². The molecule has 2 aromatic carbocycles. The van der Waals surface area contributed by atoms with Crippen LogP contribution in [-0.2, 0) is 16.6 Å². The summed E-state index contributed by atoms with van der Waals surface area (Å²) in [4.78, 5) is 2.33. The van der Waals surface area contributed by atoms with E-state index in [4.69, 9.17) is 20.9 Å². The van der Waals surface area contributed by atoms with Crippen molar-refractivity contribution in [3.8, 4) is 5.75 Å². The summed E-state index contributed by atoms with van der Waals surface area (Å²) in [5, 5.41) is 5.58. The minimum Gasteiger partial charge on any atom is -0.495 e. The molecular weight excluding hydrogens is 426 g/mol. The van der Waals surface area contributed by atoms with Crippen LogP contribution >= 0.6 is 11.6 Å². The predicted octanol–water partition coefficient (Wildman–Crippen LogP) is 3.77. The fourth-order valence-corrected chi connectivity index (χ4v) is 5.82. The van der Waals surface area contributed by atoms with E-state index in [2.05, 4.69) is 10.1 Å². The quantitative estimate of drug-likeness (QED) is 0.570. The summed E-state index contributed by atoms with van der Waals surface area (Å²) in [6.45, 7) is 1.52. The number of halogens is 1. The molecule has 0 spiro atoms. The van der Waals surface area contributed by atoms with Crippen molar-refractivity contribution in [1.82, 2.24) is 14.4 Å². The van der Waals surface area contributed by atoms with Crippen LogP contribution in [0.1, 0.15) is 18.5 Å². The molecule has 0 bridgehead atoms. The average Bonchev–Trinajstić information content (AvgIpc) is 3.16. The Morgan fingerprint density at radius 1 is 1.23 bits per heavy atom.